The van der Waals surface area contributed by atoms with E-state index in [0.29, 0.717) is 12.0 Å². The molecule has 2 amide bonds. The highest BCUT2D eigenvalue weighted by atomic mass is 16.2. The van der Waals surface area contributed by atoms with E-state index in [-0.39, 0.29) is 6.03 Å². The highest BCUT2D eigenvalue weighted by Gasteiger charge is 2.33. The summed E-state index contributed by atoms with van der Waals surface area (Å²) in [7, 11) is 0. The van der Waals surface area contributed by atoms with Crippen molar-refractivity contribution in [2.75, 3.05) is 32.7 Å². The number of piperidine rings is 1. The van der Waals surface area contributed by atoms with Crippen molar-refractivity contribution in [3.63, 3.8) is 0 Å². The summed E-state index contributed by atoms with van der Waals surface area (Å²) in [5.41, 5.74) is 0. The SMILES string of the molecule is CC(C)CN1CCN(C2CCNCC2)C1=O. The van der Waals surface area contributed by atoms with E-state index < -0.39 is 0 Å². The predicted octanol–water partition coefficient (Wildman–Crippen LogP) is 1.13. The van der Waals surface area contributed by atoms with Crippen molar-refractivity contribution in [3.8, 4) is 0 Å². The van der Waals surface area contributed by atoms with Gasteiger partial charge in [0, 0.05) is 25.7 Å². The minimum absolute atomic E-state index is 0.264. The first kappa shape index (κ1) is 11.7. The van der Waals surface area contributed by atoms with Gasteiger partial charge in [-0.2, -0.15) is 0 Å². The zero-order valence-corrected chi connectivity index (χ0v) is 10.4. The molecule has 92 valence electrons. The van der Waals surface area contributed by atoms with E-state index in [1.807, 2.05) is 4.90 Å². The van der Waals surface area contributed by atoms with Crippen molar-refractivity contribution in [3.05, 3.63) is 0 Å². The molecule has 0 unspecified atom stereocenters. The first-order valence-electron chi connectivity index (χ1n) is 6.44. The maximum absolute atomic E-state index is 12.2. The predicted molar refractivity (Wildman–Crippen MR) is 64.4 cm³/mol. The molecule has 0 aromatic carbocycles. The lowest BCUT2D eigenvalue weighted by molar-refractivity contribution is 0.163. The van der Waals surface area contributed by atoms with Crippen LogP contribution in [0.5, 0.6) is 0 Å². The third-order valence-electron chi connectivity index (χ3n) is 3.46. The number of urea groups is 1. The quantitative estimate of drug-likeness (QED) is 0.781. The van der Waals surface area contributed by atoms with Gasteiger partial charge in [-0.05, 0) is 31.8 Å². The molecule has 0 aromatic heterocycles. The molecule has 0 atom stereocenters. The average Bonchev–Trinajstić information content (AvgIpc) is 2.61. The Morgan fingerprint density at radius 3 is 2.62 bits per heavy atom. The molecule has 0 saturated carbocycles. The molecule has 2 aliphatic heterocycles. The molecule has 0 bridgehead atoms. The number of rotatable bonds is 3. The van der Waals surface area contributed by atoms with Crippen molar-refractivity contribution in [2.24, 2.45) is 5.92 Å². The van der Waals surface area contributed by atoms with Crippen molar-refractivity contribution >= 4 is 6.03 Å². The molecule has 2 aliphatic rings. The summed E-state index contributed by atoms with van der Waals surface area (Å²) in [6, 6.07) is 0.742. The molecule has 2 rings (SSSR count). The van der Waals surface area contributed by atoms with E-state index in [0.717, 1.165) is 45.6 Å². The molecule has 0 aliphatic carbocycles. The standard InChI is InChI=1S/C12H23N3O/c1-10(2)9-14-7-8-15(12(14)16)11-3-5-13-6-4-11/h10-11,13H,3-9H2,1-2H3. The number of carbonyl (C=O) groups is 1. The van der Waals surface area contributed by atoms with Gasteiger partial charge in [0.2, 0.25) is 0 Å². The van der Waals surface area contributed by atoms with Gasteiger partial charge in [-0.1, -0.05) is 13.8 Å². The molecule has 4 nitrogen and oxygen atoms in total. The Labute approximate surface area is 98.0 Å². The zero-order valence-electron chi connectivity index (χ0n) is 10.4. The Morgan fingerprint density at radius 2 is 2.00 bits per heavy atom. The molecule has 0 radical (unpaired) electrons. The van der Waals surface area contributed by atoms with Gasteiger partial charge in [0.15, 0.2) is 0 Å². The van der Waals surface area contributed by atoms with Crippen LogP contribution in [0, 0.1) is 5.92 Å². The summed E-state index contributed by atoms with van der Waals surface area (Å²) in [4.78, 5) is 16.3. The fraction of sp³-hybridized carbons (Fsp3) is 0.917. The molecular formula is C12H23N3O. The monoisotopic (exact) mass is 225 g/mol. The highest BCUT2D eigenvalue weighted by Crippen LogP contribution is 2.19. The van der Waals surface area contributed by atoms with E-state index in [2.05, 4.69) is 24.1 Å². The van der Waals surface area contributed by atoms with Gasteiger partial charge in [-0.3, -0.25) is 0 Å². The second-order valence-electron chi connectivity index (χ2n) is 5.30. The lowest BCUT2D eigenvalue weighted by Crippen LogP contribution is -2.45. The Kier molecular flexibility index (Phi) is 3.69. The van der Waals surface area contributed by atoms with Crippen LogP contribution >= 0.6 is 0 Å². The van der Waals surface area contributed by atoms with E-state index in [1.54, 1.807) is 0 Å². The van der Waals surface area contributed by atoms with Crippen molar-refractivity contribution in [2.45, 2.75) is 32.7 Å². The van der Waals surface area contributed by atoms with Crippen LogP contribution in [-0.2, 0) is 0 Å². The first-order chi connectivity index (χ1) is 7.68. The van der Waals surface area contributed by atoms with E-state index in [4.69, 9.17) is 0 Å². The second kappa shape index (κ2) is 5.04. The summed E-state index contributed by atoms with van der Waals surface area (Å²) >= 11 is 0. The number of carbonyl (C=O) groups excluding carboxylic acids is 1. The summed E-state index contributed by atoms with van der Waals surface area (Å²) in [5.74, 6) is 0.567. The summed E-state index contributed by atoms with van der Waals surface area (Å²) in [5, 5.41) is 3.34. The zero-order chi connectivity index (χ0) is 11.5. The maximum Gasteiger partial charge on any atom is 0.320 e. The molecule has 1 N–H and O–H groups in total. The normalized spacial score (nSPS) is 23.6. The lowest BCUT2D eigenvalue weighted by Gasteiger charge is -2.31. The molecule has 4 heteroatoms. The van der Waals surface area contributed by atoms with E-state index >= 15 is 0 Å². The third-order valence-corrected chi connectivity index (χ3v) is 3.46. The van der Waals surface area contributed by atoms with Crippen LogP contribution in [-0.4, -0.2) is 54.6 Å². The van der Waals surface area contributed by atoms with Crippen molar-refractivity contribution in [1.82, 2.24) is 15.1 Å². The minimum atomic E-state index is 0.264. The Morgan fingerprint density at radius 1 is 1.31 bits per heavy atom. The second-order valence-corrected chi connectivity index (χ2v) is 5.30. The van der Waals surface area contributed by atoms with Gasteiger partial charge in [-0.15, -0.1) is 0 Å². The Hall–Kier alpha value is -0.770. The molecule has 2 saturated heterocycles. The van der Waals surface area contributed by atoms with Crippen LogP contribution in [0.25, 0.3) is 0 Å². The summed E-state index contributed by atoms with van der Waals surface area (Å²) < 4.78 is 0. The summed E-state index contributed by atoms with van der Waals surface area (Å²) in [6.07, 6.45) is 2.22. The Balaban J connectivity index is 1.90. The largest absolute Gasteiger partial charge is 0.323 e. The van der Waals surface area contributed by atoms with Crippen molar-refractivity contribution < 1.29 is 4.79 Å². The van der Waals surface area contributed by atoms with Gasteiger partial charge < -0.3 is 15.1 Å². The number of nitrogens with one attached hydrogen (secondary N) is 1. The lowest BCUT2D eigenvalue weighted by atomic mass is 10.1. The molecule has 2 heterocycles. The molecule has 0 aromatic rings. The van der Waals surface area contributed by atoms with Crippen LogP contribution in [0.2, 0.25) is 0 Å². The third kappa shape index (κ3) is 2.48. The van der Waals surface area contributed by atoms with Gasteiger partial charge >= 0.3 is 6.03 Å². The van der Waals surface area contributed by atoms with Crippen LogP contribution in [0.1, 0.15) is 26.7 Å². The number of hydrogen-bond acceptors (Lipinski definition) is 2. The minimum Gasteiger partial charge on any atom is -0.323 e. The Bertz CT molecular complexity index is 249. The van der Waals surface area contributed by atoms with Gasteiger partial charge in [0.25, 0.3) is 0 Å². The van der Waals surface area contributed by atoms with Crippen LogP contribution < -0.4 is 5.32 Å². The first-order valence-corrected chi connectivity index (χ1v) is 6.44. The highest BCUT2D eigenvalue weighted by molar-refractivity contribution is 5.76. The molecule has 2 fully saturated rings. The summed E-state index contributed by atoms with van der Waals surface area (Å²) in [6.45, 7) is 9.19. The van der Waals surface area contributed by atoms with Gasteiger partial charge in [0.1, 0.15) is 0 Å². The molecule has 0 spiro atoms. The van der Waals surface area contributed by atoms with E-state index in [1.165, 1.54) is 0 Å². The fourth-order valence-corrected chi connectivity index (χ4v) is 2.67. The van der Waals surface area contributed by atoms with E-state index in [9.17, 15) is 4.79 Å². The maximum atomic E-state index is 12.2. The smallest absolute Gasteiger partial charge is 0.320 e. The number of nitrogens with zero attached hydrogens (tertiary/aromatic N) is 2. The van der Waals surface area contributed by atoms with Crippen LogP contribution in [0.3, 0.4) is 0 Å². The van der Waals surface area contributed by atoms with Crippen LogP contribution in [0.15, 0.2) is 0 Å². The molecular weight excluding hydrogens is 202 g/mol. The fourth-order valence-electron chi connectivity index (χ4n) is 2.67. The van der Waals surface area contributed by atoms with Gasteiger partial charge in [-0.25, -0.2) is 4.79 Å². The van der Waals surface area contributed by atoms with Crippen molar-refractivity contribution in [1.29, 1.82) is 0 Å². The average molecular weight is 225 g/mol. The van der Waals surface area contributed by atoms with Gasteiger partial charge in [0.05, 0.1) is 0 Å². The number of amides is 2. The van der Waals surface area contributed by atoms with Crippen LogP contribution in [0.4, 0.5) is 4.79 Å². The molecule has 16 heavy (non-hydrogen) atoms. The number of hydrogen-bond donors (Lipinski definition) is 1. The topological polar surface area (TPSA) is 35.6 Å².